The van der Waals surface area contributed by atoms with E-state index in [0.717, 1.165) is 17.3 Å². The second-order valence-corrected chi connectivity index (χ2v) is 4.66. The van der Waals surface area contributed by atoms with Gasteiger partial charge < -0.3 is 5.32 Å². The predicted octanol–water partition coefficient (Wildman–Crippen LogP) is 1.47. The van der Waals surface area contributed by atoms with Crippen LogP contribution in [0.1, 0.15) is 17.5 Å². The van der Waals surface area contributed by atoms with E-state index in [0.29, 0.717) is 6.04 Å². The fourth-order valence-electron chi connectivity index (χ4n) is 1.30. The molecule has 1 unspecified atom stereocenters. The van der Waals surface area contributed by atoms with Crippen molar-refractivity contribution in [2.45, 2.75) is 30.3 Å². The van der Waals surface area contributed by atoms with Crippen molar-refractivity contribution in [1.82, 2.24) is 10.3 Å². The summed E-state index contributed by atoms with van der Waals surface area (Å²) < 4.78 is 0.894. The van der Waals surface area contributed by atoms with Gasteiger partial charge in [0.1, 0.15) is 4.34 Å². The molecule has 0 aromatic carbocycles. The van der Waals surface area contributed by atoms with Crippen LogP contribution < -0.4 is 5.32 Å². The lowest BCUT2D eigenvalue weighted by Crippen LogP contribution is -2.32. The van der Waals surface area contributed by atoms with Gasteiger partial charge in [-0.3, -0.25) is 0 Å². The summed E-state index contributed by atoms with van der Waals surface area (Å²) in [5.74, 6) is 0. The van der Waals surface area contributed by atoms with E-state index in [1.165, 1.54) is 10.6 Å². The zero-order valence-electron chi connectivity index (χ0n) is 6.29. The number of nitrogens with one attached hydrogen (secondary N) is 1. The van der Waals surface area contributed by atoms with E-state index in [1.54, 1.807) is 11.3 Å². The molecule has 1 aliphatic heterocycles. The van der Waals surface area contributed by atoms with Crippen LogP contribution in [0.3, 0.4) is 0 Å². The van der Waals surface area contributed by atoms with E-state index in [4.69, 9.17) is 0 Å². The van der Waals surface area contributed by atoms with Gasteiger partial charge in [-0.1, -0.05) is 0 Å². The first kappa shape index (κ1) is 7.58. The zero-order valence-corrected chi connectivity index (χ0v) is 8.01. The van der Waals surface area contributed by atoms with E-state index < -0.39 is 0 Å². The second kappa shape index (κ2) is 2.77. The molecule has 0 spiro atoms. The lowest BCUT2D eigenvalue weighted by molar-refractivity contribution is 0.512. The van der Waals surface area contributed by atoms with Crippen molar-refractivity contribution >= 4 is 24.0 Å². The Labute approximate surface area is 75.5 Å². The first-order valence-electron chi connectivity index (χ1n) is 3.66. The summed E-state index contributed by atoms with van der Waals surface area (Å²) in [5.41, 5.74) is 1.24. The Morgan fingerprint density at radius 3 is 3.36 bits per heavy atom. The third-order valence-electron chi connectivity index (χ3n) is 1.88. The molecule has 0 fully saturated rings. The standard InChI is InChI=1S/C7H10N2S2/c1-4-2-5-6(3-8-4)11-7(10)9-5/h4,8H,2-3H2,1H3,(H,9,10). The van der Waals surface area contributed by atoms with Crippen molar-refractivity contribution in [3.8, 4) is 0 Å². The van der Waals surface area contributed by atoms with Gasteiger partial charge >= 0.3 is 0 Å². The van der Waals surface area contributed by atoms with Crippen LogP contribution >= 0.6 is 24.0 Å². The minimum absolute atomic E-state index is 0.567. The fraction of sp³-hybridized carbons (Fsp3) is 0.571. The van der Waals surface area contributed by atoms with Crippen LogP contribution in [0.2, 0.25) is 0 Å². The highest BCUT2D eigenvalue weighted by molar-refractivity contribution is 7.82. The van der Waals surface area contributed by atoms with Crippen molar-refractivity contribution in [2.24, 2.45) is 0 Å². The number of rotatable bonds is 0. The highest BCUT2D eigenvalue weighted by Crippen LogP contribution is 2.24. The van der Waals surface area contributed by atoms with Crippen molar-refractivity contribution in [2.75, 3.05) is 0 Å². The molecule has 1 aromatic rings. The Morgan fingerprint density at radius 2 is 2.55 bits per heavy atom. The van der Waals surface area contributed by atoms with Crippen molar-refractivity contribution in [3.63, 3.8) is 0 Å². The molecule has 1 aromatic heterocycles. The third kappa shape index (κ3) is 1.43. The number of hydrogen-bond donors (Lipinski definition) is 2. The Bertz CT molecular complexity index is 269. The van der Waals surface area contributed by atoms with Crippen molar-refractivity contribution < 1.29 is 0 Å². The quantitative estimate of drug-likeness (QED) is 0.600. The molecule has 0 saturated carbocycles. The molecule has 0 saturated heterocycles. The monoisotopic (exact) mass is 186 g/mol. The normalized spacial score (nSPS) is 23.3. The number of thiazole rings is 1. The average Bonchev–Trinajstić information content (AvgIpc) is 2.27. The van der Waals surface area contributed by atoms with Crippen LogP contribution in [-0.4, -0.2) is 11.0 Å². The van der Waals surface area contributed by atoms with E-state index >= 15 is 0 Å². The number of nitrogens with zero attached hydrogens (tertiary/aromatic N) is 1. The minimum atomic E-state index is 0.567. The number of hydrogen-bond acceptors (Lipinski definition) is 4. The van der Waals surface area contributed by atoms with Gasteiger partial charge in [0.2, 0.25) is 0 Å². The molecule has 0 bridgehead atoms. The van der Waals surface area contributed by atoms with Crippen LogP contribution in [0, 0.1) is 0 Å². The van der Waals surface area contributed by atoms with Gasteiger partial charge in [0, 0.05) is 23.9 Å². The van der Waals surface area contributed by atoms with Crippen LogP contribution in [0.4, 0.5) is 0 Å². The SMILES string of the molecule is CC1Cc2nc(S)sc2CN1. The summed E-state index contributed by atoms with van der Waals surface area (Å²) in [6.07, 6.45) is 1.05. The topological polar surface area (TPSA) is 24.9 Å². The third-order valence-corrected chi connectivity index (χ3v) is 3.15. The van der Waals surface area contributed by atoms with E-state index in [9.17, 15) is 0 Å². The van der Waals surface area contributed by atoms with E-state index in [2.05, 4.69) is 29.9 Å². The summed E-state index contributed by atoms with van der Waals surface area (Å²) in [4.78, 5) is 5.70. The molecule has 0 amide bonds. The van der Waals surface area contributed by atoms with Gasteiger partial charge in [0.05, 0.1) is 5.69 Å². The average molecular weight is 186 g/mol. The molecular weight excluding hydrogens is 176 g/mol. The molecule has 2 nitrogen and oxygen atoms in total. The number of thiol groups is 1. The number of aromatic nitrogens is 1. The number of fused-ring (bicyclic) bond motifs is 1. The molecule has 2 rings (SSSR count). The fourth-order valence-corrected chi connectivity index (χ4v) is 2.53. The largest absolute Gasteiger partial charge is 0.309 e. The lowest BCUT2D eigenvalue weighted by atomic mass is 10.1. The summed E-state index contributed by atoms with van der Waals surface area (Å²) in [6, 6.07) is 0.567. The molecule has 1 N–H and O–H groups in total. The maximum Gasteiger partial charge on any atom is 0.147 e. The van der Waals surface area contributed by atoms with Crippen LogP contribution in [-0.2, 0) is 13.0 Å². The molecule has 2 heterocycles. The van der Waals surface area contributed by atoms with Crippen LogP contribution in [0.5, 0.6) is 0 Å². The maximum absolute atomic E-state index is 4.34. The molecule has 11 heavy (non-hydrogen) atoms. The van der Waals surface area contributed by atoms with Gasteiger partial charge in [-0.25, -0.2) is 4.98 Å². The Kier molecular flexibility index (Phi) is 1.91. The van der Waals surface area contributed by atoms with E-state index in [1.807, 2.05) is 0 Å². The van der Waals surface area contributed by atoms with Gasteiger partial charge in [-0.15, -0.1) is 24.0 Å². The second-order valence-electron chi connectivity index (χ2n) is 2.85. The highest BCUT2D eigenvalue weighted by Gasteiger charge is 2.17. The van der Waals surface area contributed by atoms with Gasteiger partial charge in [0.25, 0.3) is 0 Å². The molecular formula is C7H10N2S2. The summed E-state index contributed by atoms with van der Waals surface area (Å²) in [5, 5.41) is 3.39. The molecule has 4 heteroatoms. The minimum Gasteiger partial charge on any atom is -0.309 e. The Morgan fingerprint density at radius 1 is 1.73 bits per heavy atom. The Balaban J connectivity index is 2.34. The summed E-state index contributed by atoms with van der Waals surface area (Å²) in [6.45, 7) is 3.15. The van der Waals surface area contributed by atoms with Crippen molar-refractivity contribution in [1.29, 1.82) is 0 Å². The van der Waals surface area contributed by atoms with E-state index in [-0.39, 0.29) is 0 Å². The maximum atomic E-state index is 4.34. The predicted molar refractivity (Wildman–Crippen MR) is 49.4 cm³/mol. The van der Waals surface area contributed by atoms with Crippen molar-refractivity contribution in [3.05, 3.63) is 10.6 Å². The van der Waals surface area contributed by atoms with Crippen LogP contribution in [0.15, 0.2) is 4.34 Å². The molecule has 60 valence electrons. The molecule has 0 aliphatic carbocycles. The zero-order chi connectivity index (χ0) is 7.84. The smallest absolute Gasteiger partial charge is 0.147 e. The van der Waals surface area contributed by atoms with Crippen LogP contribution in [0.25, 0.3) is 0 Å². The Hall–Kier alpha value is -0.0600. The summed E-state index contributed by atoms with van der Waals surface area (Å²) in [7, 11) is 0. The lowest BCUT2D eigenvalue weighted by Gasteiger charge is -2.18. The molecule has 0 radical (unpaired) electrons. The molecule has 1 atom stereocenters. The first-order chi connectivity index (χ1) is 5.25. The highest BCUT2D eigenvalue weighted by atomic mass is 32.2. The van der Waals surface area contributed by atoms with Gasteiger partial charge in [-0.2, -0.15) is 0 Å². The first-order valence-corrected chi connectivity index (χ1v) is 4.93. The van der Waals surface area contributed by atoms with Gasteiger partial charge in [0.15, 0.2) is 0 Å². The van der Waals surface area contributed by atoms with Gasteiger partial charge in [-0.05, 0) is 6.92 Å². The molecule has 1 aliphatic rings. The summed E-state index contributed by atoms with van der Waals surface area (Å²) >= 11 is 5.90.